The average molecular weight is 398 g/mol. The van der Waals surface area contributed by atoms with Crippen molar-refractivity contribution >= 4 is 35.0 Å². The summed E-state index contributed by atoms with van der Waals surface area (Å²) < 4.78 is 6.87. The standard InChI is InChI=1S/C21H22N2O4S/c1-6-22-19(24)18(28-21(22)26)11-16-9-13(3)23(14(16)4)17-10-15(20(25)27-5)8-7-12(17)2/h7-11H,6H2,1-5H3/b18-11+. The van der Waals surface area contributed by atoms with Crippen LogP contribution >= 0.6 is 11.8 Å². The van der Waals surface area contributed by atoms with Crippen LogP contribution in [0, 0.1) is 20.8 Å². The van der Waals surface area contributed by atoms with Crippen LogP contribution in [-0.4, -0.2) is 40.2 Å². The number of hydrogen-bond acceptors (Lipinski definition) is 5. The summed E-state index contributed by atoms with van der Waals surface area (Å²) in [6.45, 7) is 8.03. The van der Waals surface area contributed by atoms with Crippen LogP contribution in [0.1, 0.15) is 39.8 Å². The molecule has 3 rings (SSSR count). The van der Waals surface area contributed by atoms with Gasteiger partial charge in [-0.25, -0.2) is 4.79 Å². The molecule has 0 aliphatic carbocycles. The molecule has 0 unspecified atom stereocenters. The van der Waals surface area contributed by atoms with Crippen molar-refractivity contribution in [1.29, 1.82) is 0 Å². The normalized spacial score (nSPS) is 15.6. The number of hydrogen-bond donors (Lipinski definition) is 0. The van der Waals surface area contributed by atoms with Gasteiger partial charge in [-0.15, -0.1) is 0 Å². The molecule has 0 saturated carbocycles. The topological polar surface area (TPSA) is 68.6 Å². The summed E-state index contributed by atoms with van der Waals surface area (Å²) in [7, 11) is 1.36. The summed E-state index contributed by atoms with van der Waals surface area (Å²) in [6, 6.07) is 7.39. The van der Waals surface area contributed by atoms with Crippen molar-refractivity contribution in [3.63, 3.8) is 0 Å². The van der Waals surface area contributed by atoms with Crippen LogP contribution in [0.4, 0.5) is 4.79 Å². The van der Waals surface area contributed by atoms with Gasteiger partial charge in [-0.3, -0.25) is 14.5 Å². The molecule has 0 radical (unpaired) electrons. The zero-order valence-corrected chi connectivity index (χ0v) is 17.3. The fourth-order valence-electron chi connectivity index (χ4n) is 3.31. The van der Waals surface area contributed by atoms with Crippen molar-refractivity contribution in [3.8, 4) is 5.69 Å². The predicted molar refractivity (Wildman–Crippen MR) is 110 cm³/mol. The molecule has 2 amide bonds. The van der Waals surface area contributed by atoms with Crippen LogP contribution < -0.4 is 0 Å². The zero-order valence-electron chi connectivity index (χ0n) is 16.5. The molecule has 6 nitrogen and oxygen atoms in total. The van der Waals surface area contributed by atoms with E-state index in [-0.39, 0.29) is 11.1 Å². The van der Waals surface area contributed by atoms with Gasteiger partial charge in [0, 0.05) is 23.6 Å². The monoisotopic (exact) mass is 398 g/mol. The molecule has 1 aromatic heterocycles. The number of likely N-dealkylation sites (N-methyl/N-ethyl adjacent to an activating group) is 1. The van der Waals surface area contributed by atoms with Gasteiger partial charge in [-0.05, 0) is 74.9 Å². The van der Waals surface area contributed by atoms with Gasteiger partial charge < -0.3 is 9.30 Å². The Kier molecular flexibility index (Phi) is 5.47. The third kappa shape index (κ3) is 3.38. The fraction of sp³-hybridized carbons (Fsp3) is 0.286. The fourth-order valence-corrected chi connectivity index (χ4v) is 4.21. The van der Waals surface area contributed by atoms with Crippen molar-refractivity contribution in [2.24, 2.45) is 0 Å². The van der Waals surface area contributed by atoms with E-state index in [1.54, 1.807) is 25.1 Å². The molecule has 0 bridgehead atoms. The van der Waals surface area contributed by atoms with Gasteiger partial charge in [0.05, 0.1) is 17.6 Å². The van der Waals surface area contributed by atoms with Gasteiger partial charge in [0.25, 0.3) is 11.1 Å². The van der Waals surface area contributed by atoms with Gasteiger partial charge in [-0.1, -0.05) is 6.07 Å². The molecule has 28 heavy (non-hydrogen) atoms. The van der Waals surface area contributed by atoms with E-state index >= 15 is 0 Å². The Bertz CT molecular complexity index is 1020. The highest BCUT2D eigenvalue weighted by molar-refractivity contribution is 8.18. The maximum Gasteiger partial charge on any atom is 0.337 e. The van der Waals surface area contributed by atoms with Gasteiger partial charge >= 0.3 is 5.97 Å². The lowest BCUT2D eigenvalue weighted by Crippen LogP contribution is -2.27. The Labute approximate surface area is 168 Å². The summed E-state index contributed by atoms with van der Waals surface area (Å²) in [5, 5.41) is -0.241. The Morgan fingerprint density at radius 1 is 1.18 bits per heavy atom. The third-order valence-corrected chi connectivity index (χ3v) is 5.73. The van der Waals surface area contributed by atoms with Crippen molar-refractivity contribution in [2.45, 2.75) is 27.7 Å². The first-order valence-corrected chi connectivity index (χ1v) is 9.73. The molecule has 2 aromatic rings. The number of esters is 1. The highest BCUT2D eigenvalue weighted by Gasteiger charge is 2.34. The first-order valence-electron chi connectivity index (χ1n) is 8.92. The van der Waals surface area contributed by atoms with Crippen LogP contribution in [0.15, 0.2) is 29.2 Å². The van der Waals surface area contributed by atoms with Crippen LogP contribution in [0.25, 0.3) is 11.8 Å². The van der Waals surface area contributed by atoms with Crippen molar-refractivity contribution < 1.29 is 19.1 Å². The highest BCUT2D eigenvalue weighted by Crippen LogP contribution is 2.34. The smallest absolute Gasteiger partial charge is 0.337 e. The van der Waals surface area contributed by atoms with Gasteiger partial charge in [0.1, 0.15) is 0 Å². The molecule has 0 spiro atoms. The maximum absolute atomic E-state index is 12.4. The second-order valence-electron chi connectivity index (χ2n) is 6.58. The Hall–Kier alpha value is -2.80. The molecule has 2 heterocycles. The summed E-state index contributed by atoms with van der Waals surface area (Å²) in [4.78, 5) is 37.9. The number of methoxy groups -OCH3 is 1. The van der Waals surface area contributed by atoms with E-state index in [1.165, 1.54) is 12.0 Å². The van der Waals surface area contributed by atoms with Crippen LogP contribution in [0.5, 0.6) is 0 Å². The van der Waals surface area contributed by atoms with Crippen molar-refractivity contribution in [1.82, 2.24) is 9.47 Å². The molecule has 7 heteroatoms. The van der Waals surface area contributed by atoms with E-state index in [4.69, 9.17) is 4.74 Å². The SMILES string of the molecule is CCN1C(=O)S/C(=C/c2cc(C)n(-c3cc(C(=O)OC)ccc3C)c2C)C1=O. The molecular formula is C21H22N2O4S. The van der Waals surface area contributed by atoms with Crippen LogP contribution in [0.2, 0.25) is 0 Å². The molecule has 1 fully saturated rings. The van der Waals surface area contributed by atoms with E-state index in [0.717, 1.165) is 40.0 Å². The number of benzene rings is 1. The largest absolute Gasteiger partial charge is 0.465 e. The lowest BCUT2D eigenvalue weighted by atomic mass is 10.1. The number of ether oxygens (including phenoxy) is 1. The van der Waals surface area contributed by atoms with Crippen LogP contribution in [0.3, 0.4) is 0 Å². The molecule has 0 N–H and O–H groups in total. The van der Waals surface area contributed by atoms with Crippen LogP contribution in [-0.2, 0) is 9.53 Å². The number of thioether (sulfide) groups is 1. The van der Waals surface area contributed by atoms with E-state index in [9.17, 15) is 14.4 Å². The predicted octanol–water partition coefficient (Wildman–Crippen LogP) is 4.25. The second kappa shape index (κ2) is 7.67. The molecular weight excluding hydrogens is 376 g/mol. The minimum atomic E-state index is -0.392. The Morgan fingerprint density at radius 3 is 2.50 bits per heavy atom. The summed E-state index contributed by atoms with van der Waals surface area (Å²) in [6.07, 6.45) is 1.76. The molecule has 0 atom stereocenters. The van der Waals surface area contributed by atoms with Gasteiger partial charge in [0.2, 0.25) is 0 Å². The molecule has 1 aliphatic heterocycles. The number of nitrogens with zero attached hydrogens (tertiary/aromatic N) is 2. The van der Waals surface area contributed by atoms with Crippen molar-refractivity contribution in [3.05, 3.63) is 57.2 Å². The Balaban J connectivity index is 2.07. The summed E-state index contributed by atoms with van der Waals surface area (Å²) >= 11 is 0.961. The molecule has 146 valence electrons. The first kappa shape index (κ1) is 19.9. The number of carbonyl (C=O) groups is 3. The van der Waals surface area contributed by atoms with Crippen molar-refractivity contribution in [2.75, 3.05) is 13.7 Å². The minimum absolute atomic E-state index is 0.241. The zero-order chi connectivity index (χ0) is 20.6. The number of amides is 2. The minimum Gasteiger partial charge on any atom is -0.465 e. The Morgan fingerprint density at radius 2 is 1.89 bits per heavy atom. The van der Waals surface area contributed by atoms with E-state index < -0.39 is 5.97 Å². The summed E-state index contributed by atoms with van der Waals surface area (Å²) in [5.41, 5.74) is 5.10. The van der Waals surface area contributed by atoms with Gasteiger partial charge in [0.15, 0.2) is 0 Å². The van der Waals surface area contributed by atoms with E-state index in [0.29, 0.717) is 17.0 Å². The maximum atomic E-state index is 12.4. The quantitative estimate of drug-likeness (QED) is 0.569. The summed E-state index contributed by atoms with van der Waals surface area (Å²) in [5.74, 6) is -0.650. The second-order valence-corrected chi connectivity index (χ2v) is 7.57. The number of carbonyl (C=O) groups excluding carboxylic acids is 3. The lowest BCUT2D eigenvalue weighted by molar-refractivity contribution is -0.122. The first-order chi connectivity index (χ1) is 13.3. The number of aryl methyl sites for hydroxylation is 2. The number of aromatic nitrogens is 1. The molecule has 1 saturated heterocycles. The number of imide groups is 1. The lowest BCUT2D eigenvalue weighted by Gasteiger charge is -2.14. The van der Waals surface area contributed by atoms with Gasteiger partial charge in [-0.2, -0.15) is 0 Å². The van der Waals surface area contributed by atoms with E-state index in [1.807, 2.05) is 37.5 Å². The third-order valence-electron chi connectivity index (χ3n) is 4.82. The highest BCUT2D eigenvalue weighted by atomic mass is 32.2. The molecule has 1 aromatic carbocycles. The molecule has 1 aliphatic rings. The van der Waals surface area contributed by atoms with E-state index in [2.05, 4.69) is 0 Å². The number of rotatable bonds is 4. The average Bonchev–Trinajstić information content (AvgIpc) is 3.10.